The third-order valence-corrected chi connectivity index (χ3v) is 10.1. The Hall–Kier alpha value is -3.67. The summed E-state index contributed by atoms with van der Waals surface area (Å²) in [5.74, 6) is -0.941. The third-order valence-electron chi connectivity index (χ3n) is 10.1. The largest absolute Gasteiger partial charge is 0.462 e. The van der Waals surface area contributed by atoms with E-state index in [9.17, 15) is 14.4 Å². The minimum atomic E-state index is -0.792. The molecule has 1 atom stereocenters. The van der Waals surface area contributed by atoms with Crippen LogP contribution in [-0.2, 0) is 28.6 Å². The first-order chi connectivity index (χ1) is 30.0. The van der Waals surface area contributed by atoms with E-state index in [1.165, 1.54) is 25.7 Å². The van der Waals surface area contributed by atoms with Gasteiger partial charge in [-0.1, -0.05) is 195 Å². The predicted molar refractivity (Wildman–Crippen MR) is 260 cm³/mol. The number of allylic oxidation sites excluding steroid dienone is 16. The third kappa shape index (κ3) is 47.2. The molecule has 0 aliphatic carbocycles. The second-order valence-corrected chi connectivity index (χ2v) is 16.0. The molecule has 0 amide bonds. The molecular formula is C55H90O6. The number of carbonyl (C=O) groups excluding carboxylic acids is 3. The van der Waals surface area contributed by atoms with Gasteiger partial charge in [0.05, 0.1) is 0 Å². The Morgan fingerprint density at radius 1 is 0.344 bits per heavy atom. The van der Waals surface area contributed by atoms with Crippen LogP contribution in [0.2, 0.25) is 0 Å². The number of unbranched alkanes of at least 4 members (excludes halogenated alkanes) is 16. The van der Waals surface area contributed by atoms with Crippen molar-refractivity contribution in [2.45, 2.75) is 219 Å². The molecule has 0 aliphatic heterocycles. The molecule has 1 unspecified atom stereocenters. The highest BCUT2D eigenvalue weighted by Crippen LogP contribution is 2.13. The zero-order chi connectivity index (χ0) is 44.4. The molecule has 0 aliphatic rings. The van der Waals surface area contributed by atoms with E-state index in [4.69, 9.17) is 14.2 Å². The van der Waals surface area contributed by atoms with Gasteiger partial charge in [0.1, 0.15) is 13.2 Å². The molecule has 0 bridgehead atoms. The molecule has 0 rings (SSSR count). The number of esters is 3. The monoisotopic (exact) mass is 847 g/mol. The first kappa shape index (κ1) is 57.3. The van der Waals surface area contributed by atoms with Crippen LogP contribution in [-0.4, -0.2) is 37.2 Å². The lowest BCUT2D eigenvalue weighted by molar-refractivity contribution is -0.167. The van der Waals surface area contributed by atoms with Crippen LogP contribution < -0.4 is 0 Å². The molecule has 0 saturated heterocycles. The SMILES string of the molecule is CC/C=C\C/C=C\C/C=C\C/C=C\C/C=C\CCCCCCCC(=O)OCC(COC(=O)CCCCCCCCC)OC(=O)CCCCCCC/C=C\C/C=C\C/C=C\CC. The highest BCUT2D eigenvalue weighted by molar-refractivity contribution is 5.71. The van der Waals surface area contributed by atoms with E-state index in [0.29, 0.717) is 19.3 Å². The van der Waals surface area contributed by atoms with Crippen molar-refractivity contribution in [1.82, 2.24) is 0 Å². The molecule has 0 spiro atoms. The van der Waals surface area contributed by atoms with Crippen molar-refractivity contribution in [1.29, 1.82) is 0 Å². The minimum Gasteiger partial charge on any atom is -0.462 e. The van der Waals surface area contributed by atoms with Gasteiger partial charge in [0.2, 0.25) is 0 Å². The number of hydrogen-bond donors (Lipinski definition) is 0. The summed E-state index contributed by atoms with van der Waals surface area (Å²) in [6.45, 7) is 6.32. The van der Waals surface area contributed by atoms with Crippen LogP contribution in [0.5, 0.6) is 0 Å². The highest BCUT2D eigenvalue weighted by atomic mass is 16.6. The lowest BCUT2D eigenvalue weighted by Gasteiger charge is -2.18. The van der Waals surface area contributed by atoms with Crippen molar-refractivity contribution in [2.75, 3.05) is 13.2 Å². The summed E-state index contributed by atoms with van der Waals surface area (Å²) in [6, 6.07) is 0. The predicted octanol–water partition coefficient (Wildman–Crippen LogP) is 16.2. The quantitative estimate of drug-likeness (QED) is 0.0263. The van der Waals surface area contributed by atoms with Crippen molar-refractivity contribution >= 4 is 17.9 Å². The van der Waals surface area contributed by atoms with E-state index < -0.39 is 6.10 Å². The Morgan fingerprint density at radius 3 is 1.00 bits per heavy atom. The van der Waals surface area contributed by atoms with E-state index in [0.717, 1.165) is 148 Å². The summed E-state index contributed by atoms with van der Waals surface area (Å²) in [4.78, 5) is 37.8. The molecule has 0 heterocycles. The van der Waals surface area contributed by atoms with E-state index in [1.54, 1.807) is 0 Å². The number of carbonyl (C=O) groups is 3. The fourth-order valence-corrected chi connectivity index (χ4v) is 6.42. The van der Waals surface area contributed by atoms with Gasteiger partial charge in [0.15, 0.2) is 6.10 Å². The van der Waals surface area contributed by atoms with Gasteiger partial charge in [-0.05, 0) is 96.3 Å². The summed E-state index contributed by atoms with van der Waals surface area (Å²) in [5, 5.41) is 0. The second-order valence-electron chi connectivity index (χ2n) is 16.0. The molecule has 0 radical (unpaired) electrons. The van der Waals surface area contributed by atoms with Crippen molar-refractivity contribution < 1.29 is 28.6 Å². The van der Waals surface area contributed by atoms with Gasteiger partial charge in [0, 0.05) is 19.3 Å². The Labute approximate surface area is 375 Å². The van der Waals surface area contributed by atoms with E-state index in [-0.39, 0.29) is 31.1 Å². The van der Waals surface area contributed by atoms with E-state index >= 15 is 0 Å². The van der Waals surface area contributed by atoms with Gasteiger partial charge < -0.3 is 14.2 Å². The molecule has 0 N–H and O–H groups in total. The molecule has 6 nitrogen and oxygen atoms in total. The summed E-state index contributed by atoms with van der Waals surface area (Å²) in [7, 11) is 0. The van der Waals surface area contributed by atoms with Crippen LogP contribution in [0.1, 0.15) is 213 Å². The van der Waals surface area contributed by atoms with Gasteiger partial charge >= 0.3 is 17.9 Å². The zero-order valence-electron chi connectivity index (χ0n) is 39.4. The van der Waals surface area contributed by atoms with Crippen LogP contribution in [0.25, 0.3) is 0 Å². The summed E-state index contributed by atoms with van der Waals surface area (Å²) >= 11 is 0. The van der Waals surface area contributed by atoms with E-state index in [2.05, 4.69) is 118 Å². The van der Waals surface area contributed by atoms with Gasteiger partial charge in [-0.15, -0.1) is 0 Å². The molecule has 0 saturated carbocycles. The van der Waals surface area contributed by atoms with Crippen molar-refractivity contribution in [3.8, 4) is 0 Å². The number of ether oxygens (including phenoxy) is 3. The summed E-state index contributed by atoms with van der Waals surface area (Å²) in [6.07, 6.45) is 64.0. The fraction of sp³-hybridized carbons (Fsp3) is 0.655. The average molecular weight is 847 g/mol. The molecule has 0 fully saturated rings. The fourth-order valence-electron chi connectivity index (χ4n) is 6.42. The Balaban J connectivity index is 4.34. The topological polar surface area (TPSA) is 78.9 Å². The maximum absolute atomic E-state index is 12.7. The maximum Gasteiger partial charge on any atom is 0.306 e. The molecule has 0 aromatic carbocycles. The molecule has 6 heteroatoms. The van der Waals surface area contributed by atoms with E-state index in [1.807, 2.05) is 0 Å². The average Bonchev–Trinajstić information content (AvgIpc) is 3.26. The zero-order valence-corrected chi connectivity index (χ0v) is 39.4. The molecule has 346 valence electrons. The van der Waals surface area contributed by atoms with Crippen LogP contribution in [0, 0.1) is 0 Å². The Morgan fingerprint density at radius 2 is 0.639 bits per heavy atom. The standard InChI is InChI=1S/C55H90O6/c1-4-7-10-13-16-18-20-22-24-25-26-27-28-29-31-32-34-36-39-42-45-48-54(57)60-51-52(50-59-53(56)47-44-41-38-15-12-9-6-3)61-55(58)49-46-43-40-37-35-33-30-23-21-19-17-14-11-8-5-2/h7-8,10-11,16-19,22-24,26-27,29-31,52H,4-6,9,12-15,20-21,25,28,32-51H2,1-3H3/b10-7-,11-8-,18-16-,19-17-,24-22-,27-26-,30-23-,31-29-. The normalized spacial score (nSPS) is 12.9. The lowest BCUT2D eigenvalue weighted by Crippen LogP contribution is -2.30. The number of hydrogen-bond acceptors (Lipinski definition) is 6. The van der Waals surface area contributed by atoms with Gasteiger partial charge in [-0.2, -0.15) is 0 Å². The highest BCUT2D eigenvalue weighted by Gasteiger charge is 2.19. The second kappa shape index (κ2) is 49.0. The minimum absolute atomic E-state index is 0.0918. The smallest absolute Gasteiger partial charge is 0.306 e. The van der Waals surface area contributed by atoms with Crippen LogP contribution in [0.3, 0.4) is 0 Å². The molecule has 0 aromatic rings. The van der Waals surface area contributed by atoms with Gasteiger partial charge in [-0.25, -0.2) is 0 Å². The van der Waals surface area contributed by atoms with Crippen LogP contribution >= 0.6 is 0 Å². The van der Waals surface area contributed by atoms with Crippen molar-refractivity contribution in [3.63, 3.8) is 0 Å². The Bertz CT molecular complexity index is 1250. The Kier molecular flexibility index (Phi) is 46.0. The van der Waals surface area contributed by atoms with Crippen molar-refractivity contribution in [2.24, 2.45) is 0 Å². The molecule has 61 heavy (non-hydrogen) atoms. The van der Waals surface area contributed by atoms with Gasteiger partial charge in [0.25, 0.3) is 0 Å². The van der Waals surface area contributed by atoms with Crippen molar-refractivity contribution in [3.05, 3.63) is 97.2 Å². The summed E-state index contributed by atoms with van der Waals surface area (Å²) < 4.78 is 16.7. The molecule has 0 aromatic heterocycles. The lowest BCUT2D eigenvalue weighted by atomic mass is 10.1. The van der Waals surface area contributed by atoms with Crippen LogP contribution in [0.4, 0.5) is 0 Å². The number of rotatable bonds is 43. The molecular weight excluding hydrogens is 757 g/mol. The first-order valence-corrected chi connectivity index (χ1v) is 24.7. The first-order valence-electron chi connectivity index (χ1n) is 24.7. The summed E-state index contributed by atoms with van der Waals surface area (Å²) in [5.41, 5.74) is 0. The van der Waals surface area contributed by atoms with Gasteiger partial charge in [-0.3, -0.25) is 14.4 Å². The van der Waals surface area contributed by atoms with Crippen LogP contribution in [0.15, 0.2) is 97.2 Å². The maximum atomic E-state index is 12.7.